The van der Waals surface area contributed by atoms with Crippen molar-refractivity contribution in [3.8, 4) is 0 Å². The van der Waals surface area contributed by atoms with E-state index in [0.29, 0.717) is 28.1 Å². The molecule has 0 atom stereocenters. The molecule has 1 aliphatic rings. The van der Waals surface area contributed by atoms with Gasteiger partial charge in [-0.3, -0.25) is 9.48 Å². The highest BCUT2D eigenvalue weighted by Gasteiger charge is 2.25. The third kappa shape index (κ3) is 3.45. The molecule has 7 heteroatoms. The number of benzene rings is 1. The minimum absolute atomic E-state index is 0.125. The zero-order valence-electron chi connectivity index (χ0n) is 15.1. The molecule has 0 bridgehead atoms. The zero-order chi connectivity index (χ0) is 19.0. The number of carbonyl (C=O) groups is 2. The Morgan fingerprint density at radius 3 is 2.74 bits per heavy atom. The first kappa shape index (κ1) is 17.3. The monoisotopic (exact) mass is 367 g/mol. The van der Waals surface area contributed by atoms with E-state index >= 15 is 0 Å². The van der Waals surface area contributed by atoms with Crippen LogP contribution in [0.2, 0.25) is 0 Å². The Balaban J connectivity index is 1.59. The molecule has 3 aromatic rings. The van der Waals surface area contributed by atoms with Gasteiger partial charge in [0.2, 0.25) is 5.76 Å². The Morgan fingerprint density at radius 1 is 1.22 bits per heavy atom. The fraction of sp³-hybridized carbons (Fsp3) is 0.350. The predicted octanol–water partition coefficient (Wildman–Crippen LogP) is 4.16. The average Bonchev–Trinajstić information content (AvgIpc) is 3.26. The summed E-state index contributed by atoms with van der Waals surface area (Å²) < 4.78 is 6.94. The fourth-order valence-corrected chi connectivity index (χ4v) is 3.78. The molecule has 1 aromatic carbocycles. The lowest BCUT2D eigenvalue weighted by molar-refractivity contribution is 0.0665. The lowest BCUT2D eigenvalue weighted by atomic mass is 9.85. The van der Waals surface area contributed by atoms with Crippen LogP contribution in [0.1, 0.15) is 64.6 Å². The van der Waals surface area contributed by atoms with Gasteiger partial charge in [0.25, 0.3) is 5.91 Å². The van der Waals surface area contributed by atoms with E-state index in [1.807, 2.05) is 7.05 Å². The molecule has 1 saturated carbocycles. The van der Waals surface area contributed by atoms with Gasteiger partial charge in [0, 0.05) is 30.2 Å². The van der Waals surface area contributed by atoms with E-state index in [2.05, 4.69) is 10.4 Å². The molecule has 140 valence electrons. The normalized spacial score (nSPS) is 15.1. The van der Waals surface area contributed by atoms with Crippen molar-refractivity contribution in [2.24, 2.45) is 7.05 Å². The summed E-state index contributed by atoms with van der Waals surface area (Å²) >= 11 is 0. The Bertz CT molecular complexity index is 1010. The molecule has 1 amide bonds. The standard InChI is InChI=1S/C20H21N3O4/c1-23-11-15(18(22-23)12-5-3-2-4-6-12)19(24)21-14-7-8-16-13(9-14)10-17(27-16)20(25)26/h7-12H,2-6H2,1H3,(H,21,24)(H,25,26). The Kier molecular flexibility index (Phi) is 4.43. The third-order valence-corrected chi connectivity index (χ3v) is 5.08. The topological polar surface area (TPSA) is 97.4 Å². The largest absolute Gasteiger partial charge is 0.475 e. The van der Waals surface area contributed by atoms with Gasteiger partial charge in [-0.15, -0.1) is 0 Å². The van der Waals surface area contributed by atoms with Gasteiger partial charge in [0.05, 0.1) is 11.3 Å². The van der Waals surface area contributed by atoms with Crippen LogP contribution >= 0.6 is 0 Å². The van der Waals surface area contributed by atoms with Gasteiger partial charge in [0.15, 0.2) is 0 Å². The van der Waals surface area contributed by atoms with Crippen LogP contribution in [-0.2, 0) is 7.05 Å². The second-order valence-corrected chi connectivity index (χ2v) is 7.06. The van der Waals surface area contributed by atoms with Gasteiger partial charge in [0.1, 0.15) is 5.58 Å². The molecule has 2 aromatic heterocycles. The molecule has 2 N–H and O–H groups in total. The molecule has 1 fully saturated rings. The minimum atomic E-state index is -1.12. The van der Waals surface area contributed by atoms with Crippen LogP contribution in [0.15, 0.2) is 34.9 Å². The van der Waals surface area contributed by atoms with Crippen LogP contribution in [0.5, 0.6) is 0 Å². The van der Waals surface area contributed by atoms with E-state index in [-0.39, 0.29) is 11.7 Å². The summed E-state index contributed by atoms with van der Waals surface area (Å²) in [6.07, 6.45) is 7.48. The smallest absolute Gasteiger partial charge is 0.371 e. The van der Waals surface area contributed by atoms with Gasteiger partial charge in [-0.1, -0.05) is 19.3 Å². The van der Waals surface area contributed by atoms with E-state index in [9.17, 15) is 9.59 Å². The number of anilines is 1. The molecule has 7 nitrogen and oxygen atoms in total. The molecule has 0 aliphatic heterocycles. The summed E-state index contributed by atoms with van der Waals surface area (Å²) in [5.74, 6) is -1.12. The number of furan rings is 1. The van der Waals surface area contributed by atoms with E-state index in [0.717, 1.165) is 18.5 Å². The van der Waals surface area contributed by atoms with E-state index in [1.165, 1.54) is 25.3 Å². The number of aromatic carboxylic acids is 1. The van der Waals surface area contributed by atoms with Crippen molar-refractivity contribution in [1.82, 2.24) is 9.78 Å². The van der Waals surface area contributed by atoms with E-state index in [1.54, 1.807) is 29.1 Å². The lowest BCUT2D eigenvalue weighted by Gasteiger charge is -2.20. The second-order valence-electron chi connectivity index (χ2n) is 7.06. The van der Waals surface area contributed by atoms with Crippen molar-refractivity contribution in [3.05, 3.63) is 47.5 Å². The molecule has 0 spiro atoms. The van der Waals surface area contributed by atoms with Crippen LogP contribution in [0.4, 0.5) is 5.69 Å². The maximum absolute atomic E-state index is 12.9. The molecule has 0 unspecified atom stereocenters. The van der Waals surface area contributed by atoms with Crippen molar-refractivity contribution in [1.29, 1.82) is 0 Å². The number of amides is 1. The maximum atomic E-state index is 12.9. The molecule has 27 heavy (non-hydrogen) atoms. The third-order valence-electron chi connectivity index (χ3n) is 5.08. The lowest BCUT2D eigenvalue weighted by Crippen LogP contribution is -2.16. The first-order valence-electron chi connectivity index (χ1n) is 9.13. The highest BCUT2D eigenvalue weighted by atomic mass is 16.4. The number of carboxylic acid groups (broad SMARTS) is 1. The molecule has 1 aliphatic carbocycles. The fourth-order valence-electron chi connectivity index (χ4n) is 3.78. The van der Waals surface area contributed by atoms with Gasteiger partial charge >= 0.3 is 5.97 Å². The van der Waals surface area contributed by atoms with Crippen molar-refractivity contribution in [3.63, 3.8) is 0 Å². The molecular weight excluding hydrogens is 346 g/mol. The number of carbonyl (C=O) groups excluding carboxylic acids is 1. The Hall–Kier alpha value is -3.09. The van der Waals surface area contributed by atoms with Gasteiger partial charge in [-0.05, 0) is 37.1 Å². The summed E-state index contributed by atoms with van der Waals surface area (Å²) in [4.78, 5) is 23.9. The number of fused-ring (bicyclic) bond motifs is 1. The number of hydrogen-bond donors (Lipinski definition) is 2. The SMILES string of the molecule is Cn1cc(C(=O)Nc2ccc3oc(C(=O)O)cc3c2)c(C2CCCCC2)n1. The van der Waals surface area contributed by atoms with E-state index < -0.39 is 5.97 Å². The van der Waals surface area contributed by atoms with Crippen LogP contribution in [-0.4, -0.2) is 26.8 Å². The second kappa shape index (κ2) is 6.90. The predicted molar refractivity (Wildman–Crippen MR) is 100 cm³/mol. The number of aromatic nitrogens is 2. The van der Waals surface area contributed by atoms with Crippen molar-refractivity contribution < 1.29 is 19.1 Å². The number of nitrogens with one attached hydrogen (secondary N) is 1. The van der Waals surface area contributed by atoms with E-state index in [4.69, 9.17) is 9.52 Å². The van der Waals surface area contributed by atoms with Crippen LogP contribution in [0.25, 0.3) is 11.0 Å². The highest BCUT2D eigenvalue weighted by molar-refractivity contribution is 6.06. The van der Waals surface area contributed by atoms with Gasteiger partial charge in [-0.25, -0.2) is 4.79 Å². The molecule has 2 heterocycles. The molecule has 0 saturated heterocycles. The van der Waals surface area contributed by atoms with Gasteiger partial charge in [-0.2, -0.15) is 5.10 Å². The summed E-state index contributed by atoms with van der Waals surface area (Å²) in [5.41, 5.74) is 2.52. The maximum Gasteiger partial charge on any atom is 0.371 e. The number of aryl methyl sites for hydroxylation is 1. The molecule has 4 rings (SSSR count). The number of carboxylic acids is 1. The van der Waals surface area contributed by atoms with Crippen molar-refractivity contribution in [2.45, 2.75) is 38.0 Å². The first-order chi connectivity index (χ1) is 13.0. The Morgan fingerprint density at radius 2 is 2.00 bits per heavy atom. The van der Waals surface area contributed by atoms with Gasteiger partial charge < -0.3 is 14.8 Å². The molecular formula is C20H21N3O4. The quantitative estimate of drug-likeness (QED) is 0.721. The number of nitrogens with zero attached hydrogens (tertiary/aromatic N) is 2. The first-order valence-corrected chi connectivity index (χ1v) is 9.13. The summed E-state index contributed by atoms with van der Waals surface area (Å²) in [7, 11) is 1.83. The van der Waals surface area contributed by atoms with Crippen LogP contribution < -0.4 is 5.32 Å². The molecule has 0 radical (unpaired) electrons. The summed E-state index contributed by atoms with van der Waals surface area (Å²) in [6.45, 7) is 0. The average molecular weight is 367 g/mol. The summed E-state index contributed by atoms with van der Waals surface area (Å²) in [6, 6.07) is 6.51. The number of rotatable bonds is 4. The number of hydrogen-bond acceptors (Lipinski definition) is 4. The van der Waals surface area contributed by atoms with Crippen molar-refractivity contribution >= 4 is 28.5 Å². The summed E-state index contributed by atoms with van der Waals surface area (Å²) in [5, 5.41) is 17.1. The van der Waals surface area contributed by atoms with Crippen molar-refractivity contribution in [2.75, 3.05) is 5.32 Å². The zero-order valence-corrected chi connectivity index (χ0v) is 15.1. The highest BCUT2D eigenvalue weighted by Crippen LogP contribution is 2.33. The van der Waals surface area contributed by atoms with Crippen LogP contribution in [0, 0.1) is 0 Å². The Labute approximate surface area is 156 Å². The minimum Gasteiger partial charge on any atom is -0.475 e. The van der Waals surface area contributed by atoms with Crippen LogP contribution in [0.3, 0.4) is 0 Å².